The Balaban J connectivity index is 2.09. The summed E-state index contributed by atoms with van der Waals surface area (Å²) >= 11 is 0. The van der Waals surface area contributed by atoms with Gasteiger partial charge in [0.25, 0.3) is 5.91 Å². The van der Waals surface area contributed by atoms with E-state index in [1.807, 2.05) is 0 Å². The van der Waals surface area contributed by atoms with E-state index in [2.05, 4.69) is 25.8 Å². The van der Waals surface area contributed by atoms with Gasteiger partial charge in [0.1, 0.15) is 0 Å². The molecule has 7 heteroatoms. The number of aryl methyl sites for hydroxylation is 1. The van der Waals surface area contributed by atoms with Crippen molar-refractivity contribution in [1.82, 2.24) is 25.2 Å². The third-order valence-corrected chi connectivity index (χ3v) is 1.60. The van der Waals surface area contributed by atoms with Crippen LogP contribution < -0.4 is 5.32 Å². The van der Waals surface area contributed by atoms with Crippen molar-refractivity contribution in [3.05, 3.63) is 24.2 Å². The van der Waals surface area contributed by atoms with Crippen molar-refractivity contribution in [3.63, 3.8) is 0 Å². The molecule has 0 saturated carbocycles. The zero-order valence-electron chi connectivity index (χ0n) is 7.43. The van der Waals surface area contributed by atoms with E-state index >= 15 is 0 Å². The Labute approximate surface area is 79.1 Å². The van der Waals surface area contributed by atoms with Crippen molar-refractivity contribution in [1.29, 1.82) is 0 Å². The minimum atomic E-state index is -0.336. The van der Waals surface area contributed by atoms with Gasteiger partial charge in [-0.1, -0.05) is 0 Å². The van der Waals surface area contributed by atoms with Gasteiger partial charge in [-0.25, -0.2) is 0 Å². The second kappa shape index (κ2) is 3.29. The van der Waals surface area contributed by atoms with Gasteiger partial charge in [0.15, 0.2) is 11.5 Å². The summed E-state index contributed by atoms with van der Waals surface area (Å²) in [6.45, 7) is 0. The minimum Gasteiger partial charge on any atom is -0.304 e. The number of anilines is 1. The van der Waals surface area contributed by atoms with Gasteiger partial charge < -0.3 is 5.32 Å². The van der Waals surface area contributed by atoms with Crippen LogP contribution in [0.4, 0.5) is 5.82 Å². The summed E-state index contributed by atoms with van der Waals surface area (Å²) in [5, 5.41) is 16.1. The SMILES string of the molecule is Cn1ccc(NC(=O)c2cn[nH]n2)n1. The maximum atomic E-state index is 11.4. The summed E-state index contributed by atoms with van der Waals surface area (Å²) in [7, 11) is 1.77. The van der Waals surface area contributed by atoms with E-state index in [0.29, 0.717) is 5.82 Å². The van der Waals surface area contributed by atoms with Crippen LogP contribution in [-0.4, -0.2) is 31.1 Å². The predicted molar refractivity (Wildman–Crippen MR) is 47.5 cm³/mol. The van der Waals surface area contributed by atoms with Crippen molar-refractivity contribution in [2.75, 3.05) is 5.32 Å². The second-order valence-electron chi connectivity index (χ2n) is 2.68. The number of carbonyl (C=O) groups is 1. The van der Waals surface area contributed by atoms with Gasteiger partial charge in [0, 0.05) is 19.3 Å². The lowest BCUT2D eigenvalue weighted by Gasteiger charge is -1.96. The van der Waals surface area contributed by atoms with Crippen LogP contribution in [0.15, 0.2) is 18.5 Å². The number of H-pyrrole nitrogens is 1. The summed E-state index contributed by atoms with van der Waals surface area (Å²) in [6.07, 6.45) is 3.08. The molecule has 2 rings (SSSR count). The Morgan fingerprint density at radius 2 is 2.50 bits per heavy atom. The maximum absolute atomic E-state index is 11.4. The van der Waals surface area contributed by atoms with Gasteiger partial charge in [-0.15, -0.1) is 0 Å². The van der Waals surface area contributed by atoms with Crippen LogP contribution in [0, 0.1) is 0 Å². The zero-order valence-corrected chi connectivity index (χ0v) is 7.43. The third-order valence-electron chi connectivity index (χ3n) is 1.60. The molecule has 0 unspecified atom stereocenters. The molecule has 2 aromatic heterocycles. The minimum absolute atomic E-state index is 0.232. The van der Waals surface area contributed by atoms with Gasteiger partial charge in [-0.2, -0.15) is 20.5 Å². The van der Waals surface area contributed by atoms with Crippen LogP contribution in [0.25, 0.3) is 0 Å². The van der Waals surface area contributed by atoms with Gasteiger partial charge in [-0.05, 0) is 0 Å². The van der Waals surface area contributed by atoms with Crippen molar-refractivity contribution < 1.29 is 4.79 Å². The van der Waals surface area contributed by atoms with E-state index in [0.717, 1.165) is 0 Å². The number of amides is 1. The smallest absolute Gasteiger partial charge is 0.279 e. The molecule has 0 aromatic carbocycles. The normalized spacial score (nSPS) is 10.1. The van der Waals surface area contributed by atoms with Crippen molar-refractivity contribution in [2.24, 2.45) is 7.05 Å². The highest BCUT2D eigenvalue weighted by molar-refractivity contribution is 6.01. The number of aromatic amines is 1. The quantitative estimate of drug-likeness (QED) is 0.689. The summed E-state index contributed by atoms with van der Waals surface area (Å²) < 4.78 is 1.60. The molecule has 0 aliphatic rings. The summed E-state index contributed by atoms with van der Waals surface area (Å²) in [4.78, 5) is 11.4. The molecule has 0 atom stereocenters. The molecular formula is C7H8N6O. The van der Waals surface area contributed by atoms with Crippen LogP contribution >= 0.6 is 0 Å². The molecule has 0 radical (unpaired) electrons. The average molecular weight is 192 g/mol. The first kappa shape index (κ1) is 8.42. The lowest BCUT2D eigenvalue weighted by atomic mass is 10.4. The molecule has 72 valence electrons. The molecule has 0 bridgehead atoms. The molecule has 2 heterocycles. The Kier molecular flexibility index (Phi) is 1.98. The number of nitrogens with zero attached hydrogens (tertiary/aromatic N) is 4. The highest BCUT2D eigenvalue weighted by Gasteiger charge is 2.09. The number of nitrogens with one attached hydrogen (secondary N) is 2. The molecule has 0 fully saturated rings. The highest BCUT2D eigenvalue weighted by atomic mass is 16.2. The van der Waals surface area contributed by atoms with Crippen LogP contribution in [0.2, 0.25) is 0 Å². The molecule has 0 saturated heterocycles. The summed E-state index contributed by atoms with van der Waals surface area (Å²) in [5.74, 6) is 0.151. The monoisotopic (exact) mass is 192 g/mol. The first-order valence-corrected chi connectivity index (χ1v) is 3.92. The molecule has 7 nitrogen and oxygen atoms in total. The molecule has 2 aromatic rings. The number of hydrogen-bond acceptors (Lipinski definition) is 4. The fraction of sp³-hybridized carbons (Fsp3) is 0.143. The highest BCUT2D eigenvalue weighted by Crippen LogP contribution is 2.02. The van der Waals surface area contributed by atoms with Gasteiger partial charge >= 0.3 is 0 Å². The van der Waals surface area contributed by atoms with Gasteiger partial charge in [0.2, 0.25) is 0 Å². The lowest BCUT2D eigenvalue weighted by Crippen LogP contribution is -2.12. The van der Waals surface area contributed by atoms with Gasteiger partial charge in [0.05, 0.1) is 6.20 Å². The number of carbonyl (C=O) groups excluding carboxylic acids is 1. The van der Waals surface area contributed by atoms with Crippen molar-refractivity contribution in [3.8, 4) is 0 Å². The maximum Gasteiger partial charge on any atom is 0.279 e. The predicted octanol–water partition coefficient (Wildman–Crippen LogP) is -0.210. The Bertz CT molecular complexity index is 431. The third kappa shape index (κ3) is 1.60. The van der Waals surface area contributed by atoms with E-state index in [-0.39, 0.29) is 11.6 Å². The fourth-order valence-electron chi connectivity index (χ4n) is 0.973. The first-order chi connectivity index (χ1) is 6.75. The molecule has 0 aliphatic heterocycles. The lowest BCUT2D eigenvalue weighted by molar-refractivity contribution is 0.102. The largest absolute Gasteiger partial charge is 0.304 e. The van der Waals surface area contributed by atoms with E-state index in [1.54, 1.807) is 24.0 Å². The second-order valence-corrected chi connectivity index (χ2v) is 2.68. The molecule has 0 aliphatic carbocycles. The molecular weight excluding hydrogens is 184 g/mol. The van der Waals surface area contributed by atoms with Crippen LogP contribution in [0.5, 0.6) is 0 Å². The van der Waals surface area contributed by atoms with Gasteiger partial charge in [-0.3, -0.25) is 9.48 Å². The van der Waals surface area contributed by atoms with E-state index in [4.69, 9.17) is 0 Å². The standard InChI is InChI=1S/C7H8N6O/c1-13-3-2-6(11-13)9-7(14)5-4-8-12-10-5/h2-4H,1H3,(H,8,10,12)(H,9,11,14). The zero-order chi connectivity index (χ0) is 9.97. The van der Waals surface area contributed by atoms with Crippen molar-refractivity contribution in [2.45, 2.75) is 0 Å². The Morgan fingerprint density at radius 3 is 3.07 bits per heavy atom. The number of hydrogen-bond donors (Lipinski definition) is 2. The topological polar surface area (TPSA) is 88.5 Å². The Hall–Kier alpha value is -2.18. The van der Waals surface area contributed by atoms with E-state index in [1.165, 1.54) is 6.20 Å². The molecule has 2 N–H and O–H groups in total. The molecule has 14 heavy (non-hydrogen) atoms. The van der Waals surface area contributed by atoms with E-state index in [9.17, 15) is 4.79 Å². The first-order valence-electron chi connectivity index (χ1n) is 3.92. The fourth-order valence-corrected chi connectivity index (χ4v) is 0.973. The van der Waals surface area contributed by atoms with Crippen LogP contribution in [-0.2, 0) is 7.05 Å². The van der Waals surface area contributed by atoms with Crippen LogP contribution in [0.3, 0.4) is 0 Å². The number of aromatic nitrogens is 5. The summed E-state index contributed by atoms with van der Waals surface area (Å²) in [6, 6.07) is 1.69. The van der Waals surface area contributed by atoms with Crippen molar-refractivity contribution >= 4 is 11.7 Å². The Morgan fingerprint density at radius 1 is 1.64 bits per heavy atom. The van der Waals surface area contributed by atoms with E-state index < -0.39 is 0 Å². The average Bonchev–Trinajstić information content (AvgIpc) is 2.75. The molecule has 1 amide bonds. The van der Waals surface area contributed by atoms with Crippen LogP contribution in [0.1, 0.15) is 10.5 Å². The molecule has 0 spiro atoms. The summed E-state index contributed by atoms with van der Waals surface area (Å²) in [5.41, 5.74) is 0.232. The number of rotatable bonds is 2.